The minimum atomic E-state index is 0.0884. The topological polar surface area (TPSA) is 59.8 Å². The van der Waals surface area contributed by atoms with Gasteiger partial charge in [-0.05, 0) is 43.0 Å². The highest BCUT2D eigenvalue weighted by atomic mass is 32.2. The summed E-state index contributed by atoms with van der Waals surface area (Å²) in [7, 11) is 0. The summed E-state index contributed by atoms with van der Waals surface area (Å²) in [5.41, 5.74) is 5.79. The van der Waals surface area contributed by atoms with Gasteiger partial charge in [-0.3, -0.25) is 9.36 Å². The lowest BCUT2D eigenvalue weighted by Crippen LogP contribution is -2.25. The van der Waals surface area contributed by atoms with E-state index in [1.165, 1.54) is 16.7 Å². The number of benzene rings is 4. The van der Waals surface area contributed by atoms with E-state index in [1.807, 2.05) is 42.5 Å². The average Bonchev–Trinajstić information content (AvgIpc) is 3.43. The van der Waals surface area contributed by atoms with Crippen LogP contribution in [0.3, 0.4) is 0 Å². The van der Waals surface area contributed by atoms with E-state index in [-0.39, 0.29) is 11.8 Å². The Balaban J connectivity index is 1.16. The number of hydrogen-bond donors (Lipinski definition) is 1. The largest absolute Gasteiger partial charge is 0.356 e. The number of aromatic nitrogens is 3. The lowest BCUT2D eigenvalue weighted by Gasteiger charge is -2.18. The number of aryl methyl sites for hydroxylation is 1. The van der Waals surface area contributed by atoms with Gasteiger partial charge in [-0.25, -0.2) is 0 Å². The van der Waals surface area contributed by atoms with Crippen molar-refractivity contribution in [3.05, 3.63) is 132 Å². The Bertz CT molecular complexity index is 1450. The number of hydrogen-bond acceptors (Lipinski definition) is 4. The molecule has 0 aliphatic carbocycles. The number of carbonyl (C=O) groups is 1. The fourth-order valence-electron chi connectivity index (χ4n) is 4.80. The maximum absolute atomic E-state index is 12.7. The van der Waals surface area contributed by atoms with Crippen LogP contribution >= 0.6 is 11.8 Å². The van der Waals surface area contributed by atoms with Crippen LogP contribution in [0.2, 0.25) is 0 Å². The highest BCUT2D eigenvalue weighted by Crippen LogP contribution is 2.29. The van der Waals surface area contributed by atoms with Crippen LogP contribution in [0.5, 0.6) is 0 Å². The normalized spacial score (nSPS) is 11.1. The van der Waals surface area contributed by atoms with Crippen molar-refractivity contribution in [1.82, 2.24) is 20.1 Å². The maximum atomic E-state index is 12.7. The molecule has 0 saturated carbocycles. The molecule has 0 spiro atoms. The van der Waals surface area contributed by atoms with Gasteiger partial charge >= 0.3 is 0 Å². The first-order valence-corrected chi connectivity index (χ1v) is 14.7. The zero-order valence-corrected chi connectivity index (χ0v) is 23.6. The molecule has 5 rings (SSSR count). The highest BCUT2D eigenvalue weighted by Gasteiger charge is 2.17. The van der Waals surface area contributed by atoms with Crippen LogP contribution in [0.1, 0.15) is 41.9 Å². The van der Waals surface area contributed by atoms with Crippen molar-refractivity contribution in [2.45, 2.75) is 37.3 Å². The predicted molar refractivity (Wildman–Crippen MR) is 164 cm³/mol. The first-order chi connectivity index (χ1) is 19.7. The minimum absolute atomic E-state index is 0.0884. The van der Waals surface area contributed by atoms with Crippen molar-refractivity contribution < 1.29 is 4.79 Å². The number of carbonyl (C=O) groups excluding carboxylic acids is 1. The Hall–Kier alpha value is -4.16. The number of thioether (sulfide) groups is 1. The molecule has 40 heavy (non-hydrogen) atoms. The van der Waals surface area contributed by atoms with Gasteiger partial charge in [0.05, 0.1) is 0 Å². The fourth-order valence-corrected chi connectivity index (χ4v) is 5.69. The average molecular weight is 547 g/mol. The third-order valence-electron chi connectivity index (χ3n) is 6.90. The summed E-state index contributed by atoms with van der Waals surface area (Å²) in [4.78, 5) is 12.7. The number of nitrogens with zero attached hydrogens (tertiary/aromatic N) is 3. The minimum Gasteiger partial charge on any atom is -0.356 e. The fraction of sp³-hybridized carbons (Fsp3) is 0.206. The molecule has 0 unspecified atom stereocenters. The van der Waals surface area contributed by atoms with Gasteiger partial charge in [0, 0.05) is 35.9 Å². The summed E-state index contributed by atoms with van der Waals surface area (Å²) in [5.74, 6) is 1.94. The second-order valence-electron chi connectivity index (χ2n) is 9.81. The molecule has 5 aromatic rings. The zero-order valence-electron chi connectivity index (χ0n) is 22.7. The second kappa shape index (κ2) is 13.8. The molecule has 1 amide bonds. The SMILES string of the molecule is Cc1ccc(-n2c(SCCCC(=O)NCCC(c3ccccc3)c3ccccc3)nnc2-c2ccccc2)cc1. The molecule has 5 nitrogen and oxygen atoms in total. The summed E-state index contributed by atoms with van der Waals surface area (Å²) in [6.45, 7) is 2.72. The van der Waals surface area contributed by atoms with E-state index in [9.17, 15) is 4.79 Å². The number of rotatable bonds is 12. The van der Waals surface area contributed by atoms with E-state index in [1.54, 1.807) is 11.8 Å². The van der Waals surface area contributed by atoms with Crippen LogP contribution in [-0.2, 0) is 4.79 Å². The van der Waals surface area contributed by atoms with Gasteiger partial charge in [0.25, 0.3) is 0 Å². The van der Waals surface area contributed by atoms with E-state index in [0.717, 1.165) is 40.8 Å². The molecule has 6 heteroatoms. The van der Waals surface area contributed by atoms with Crippen molar-refractivity contribution >= 4 is 17.7 Å². The van der Waals surface area contributed by atoms with Gasteiger partial charge < -0.3 is 5.32 Å². The molecule has 0 saturated heterocycles. The molecular formula is C34H34N4OS. The molecule has 0 fully saturated rings. The van der Waals surface area contributed by atoms with Gasteiger partial charge in [-0.15, -0.1) is 10.2 Å². The Morgan fingerprint density at radius 3 is 2.02 bits per heavy atom. The summed E-state index contributed by atoms with van der Waals surface area (Å²) >= 11 is 1.64. The Labute approximate surface area is 240 Å². The van der Waals surface area contributed by atoms with E-state index in [2.05, 4.69) is 99.8 Å². The monoisotopic (exact) mass is 546 g/mol. The van der Waals surface area contributed by atoms with Crippen molar-refractivity contribution in [2.75, 3.05) is 12.3 Å². The van der Waals surface area contributed by atoms with Crippen molar-refractivity contribution in [2.24, 2.45) is 0 Å². The molecule has 0 bridgehead atoms. The van der Waals surface area contributed by atoms with E-state index in [4.69, 9.17) is 0 Å². The Morgan fingerprint density at radius 2 is 1.40 bits per heavy atom. The van der Waals surface area contributed by atoms with Crippen LogP contribution in [-0.4, -0.2) is 33.0 Å². The predicted octanol–water partition coefficient (Wildman–Crippen LogP) is 7.45. The summed E-state index contributed by atoms with van der Waals surface area (Å²) in [6.07, 6.45) is 2.10. The van der Waals surface area contributed by atoms with E-state index in [0.29, 0.717) is 13.0 Å². The third kappa shape index (κ3) is 7.07. The van der Waals surface area contributed by atoms with Crippen LogP contribution in [0.4, 0.5) is 0 Å². The van der Waals surface area contributed by atoms with Crippen LogP contribution in [0, 0.1) is 6.92 Å². The first-order valence-electron chi connectivity index (χ1n) is 13.8. The van der Waals surface area contributed by atoms with Gasteiger partial charge in [-0.2, -0.15) is 0 Å². The third-order valence-corrected chi connectivity index (χ3v) is 7.91. The van der Waals surface area contributed by atoms with Crippen molar-refractivity contribution in [3.8, 4) is 17.1 Å². The second-order valence-corrected chi connectivity index (χ2v) is 10.9. The lowest BCUT2D eigenvalue weighted by atomic mass is 9.88. The molecule has 0 radical (unpaired) electrons. The smallest absolute Gasteiger partial charge is 0.220 e. The quantitative estimate of drug-likeness (QED) is 0.130. The summed E-state index contributed by atoms with van der Waals surface area (Å²) in [5, 5.41) is 13.0. The lowest BCUT2D eigenvalue weighted by molar-refractivity contribution is -0.121. The number of amides is 1. The van der Waals surface area contributed by atoms with Crippen LogP contribution in [0.15, 0.2) is 120 Å². The highest BCUT2D eigenvalue weighted by molar-refractivity contribution is 7.99. The van der Waals surface area contributed by atoms with Crippen molar-refractivity contribution in [1.29, 1.82) is 0 Å². The molecule has 1 aromatic heterocycles. The Morgan fingerprint density at radius 1 is 0.800 bits per heavy atom. The standard InChI is InChI=1S/C34H34N4OS/c1-26-19-21-30(22-20-26)38-33(29-16-9-4-10-17-29)36-37-34(38)40-25-11-18-32(39)35-24-23-31(27-12-5-2-6-13-27)28-14-7-3-8-15-28/h2-10,12-17,19-22,31H,11,18,23-25H2,1H3,(H,35,39). The molecule has 1 N–H and O–H groups in total. The molecule has 4 aromatic carbocycles. The zero-order chi connectivity index (χ0) is 27.6. The molecule has 1 heterocycles. The summed E-state index contributed by atoms with van der Waals surface area (Å²) in [6, 6.07) is 39.5. The van der Waals surface area contributed by atoms with E-state index < -0.39 is 0 Å². The van der Waals surface area contributed by atoms with Gasteiger partial charge in [0.1, 0.15) is 0 Å². The maximum Gasteiger partial charge on any atom is 0.220 e. The molecule has 202 valence electrons. The van der Waals surface area contributed by atoms with Crippen LogP contribution < -0.4 is 5.32 Å². The van der Waals surface area contributed by atoms with Gasteiger partial charge in [0.15, 0.2) is 11.0 Å². The van der Waals surface area contributed by atoms with E-state index >= 15 is 0 Å². The Kier molecular flexibility index (Phi) is 9.43. The summed E-state index contributed by atoms with van der Waals surface area (Å²) < 4.78 is 2.10. The molecule has 0 aliphatic rings. The van der Waals surface area contributed by atoms with Crippen molar-refractivity contribution in [3.63, 3.8) is 0 Å². The van der Waals surface area contributed by atoms with Crippen LogP contribution in [0.25, 0.3) is 17.1 Å². The molecular weight excluding hydrogens is 512 g/mol. The number of nitrogens with one attached hydrogen (secondary N) is 1. The molecule has 0 aliphatic heterocycles. The molecule has 0 atom stereocenters. The first kappa shape index (κ1) is 27.4. The van der Waals surface area contributed by atoms with Gasteiger partial charge in [-0.1, -0.05) is 120 Å². The van der Waals surface area contributed by atoms with Gasteiger partial charge in [0.2, 0.25) is 5.91 Å².